The number of benzene rings is 2. The summed E-state index contributed by atoms with van der Waals surface area (Å²) in [5.41, 5.74) is 1.95. The van der Waals surface area contributed by atoms with Crippen molar-refractivity contribution >= 4 is 44.2 Å². The van der Waals surface area contributed by atoms with Gasteiger partial charge in [-0.05, 0) is 43.3 Å². The molecule has 0 saturated heterocycles. The second-order valence-electron chi connectivity index (χ2n) is 5.84. The van der Waals surface area contributed by atoms with Crippen molar-refractivity contribution in [2.45, 2.75) is 13.5 Å². The van der Waals surface area contributed by atoms with E-state index in [1.807, 2.05) is 36.4 Å². The summed E-state index contributed by atoms with van der Waals surface area (Å²) >= 11 is 3.35. The second-order valence-corrected chi connectivity index (χ2v) is 6.76. The molecule has 4 aromatic rings. The van der Waals surface area contributed by atoms with Crippen molar-refractivity contribution in [2.24, 2.45) is 0 Å². The van der Waals surface area contributed by atoms with Gasteiger partial charge < -0.3 is 5.32 Å². The van der Waals surface area contributed by atoms with Crippen LogP contribution in [0.15, 0.2) is 57.8 Å². The van der Waals surface area contributed by atoms with Gasteiger partial charge in [0, 0.05) is 10.2 Å². The summed E-state index contributed by atoms with van der Waals surface area (Å²) in [6.45, 7) is 1.67. The van der Waals surface area contributed by atoms with Gasteiger partial charge >= 0.3 is 0 Å². The number of nitrogens with one attached hydrogen (secondary N) is 1. The van der Waals surface area contributed by atoms with Gasteiger partial charge in [-0.1, -0.05) is 28.1 Å². The minimum absolute atomic E-state index is 0.113. The topological polar surface area (TPSA) is 81.3 Å². The third-order valence-electron chi connectivity index (χ3n) is 4.10. The van der Waals surface area contributed by atoms with Gasteiger partial charge in [0.05, 0.1) is 11.0 Å². The number of rotatable bonds is 3. The van der Waals surface area contributed by atoms with E-state index in [0.717, 1.165) is 9.99 Å². The van der Waals surface area contributed by atoms with Crippen LogP contribution in [0.3, 0.4) is 0 Å². The van der Waals surface area contributed by atoms with E-state index in [-0.39, 0.29) is 23.7 Å². The summed E-state index contributed by atoms with van der Waals surface area (Å²) in [7, 11) is 0. The van der Waals surface area contributed by atoms with Crippen LogP contribution in [0, 0.1) is 6.92 Å². The molecule has 1 amide bonds. The molecule has 0 spiro atoms. The van der Waals surface area contributed by atoms with E-state index in [4.69, 9.17) is 0 Å². The lowest BCUT2D eigenvalue weighted by molar-refractivity contribution is -0.116. The molecule has 0 fully saturated rings. The summed E-state index contributed by atoms with van der Waals surface area (Å²) in [6.07, 6.45) is 0. The van der Waals surface area contributed by atoms with Crippen molar-refractivity contribution in [1.82, 2.24) is 19.2 Å². The average Bonchev–Trinajstić information content (AvgIpc) is 3.03. The highest BCUT2D eigenvalue weighted by atomic mass is 79.9. The third kappa shape index (κ3) is 2.78. The Labute approximate surface area is 156 Å². The molecule has 130 valence electrons. The fraction of sp³-hybridized carbons (Fsp3) is 0.111. The number of amides is 1. The van der Waals surface area contributed by atoms with E-state index in [2.05, 4.69) is 31.4 Å². The second kappa shape index (κ2) is 6.38. The normalized spacial score (nSPS) is 11.2. The molecular weight excluding hydrogens is 398 g/mol. The molecule has 0 atom stereocenters. The lowest BCUT2D eigenvalue weighted by Gasteiger charge is -2.12. The maximum atomic E-state index is 12.8. The van der Waals surface area contributed by atoms with E-state index < -0.39 is 0 Å². The molecular formula is C18H14BrN5O2. The van der Waals surface area contributed by atoms with Crippen LogP contribution in [0.4, 0.5) is 5.69 Å². The zero-order valence-electron chi connectivity index (χ0n) is 13.8. The molecule has 0 bridgehead atoms. The maximum absolute atomic E-state index is 12.8. The number of hydrogen-bond donors (Lipinski definition) is 1. The fourth-order valence-electron chi connectivity index (χ4n) is 2.94. The lowest BCUT2D eigenvalue weighted by Crippen LogP contribution is -2.29. The molecule has 26 heavy (non-hydrogen) atoms. The molecule has 0 aliphatic heterocycles. The quantitative estimate of drug-likeness (QED) is 0.561. The van der Waals surface area contributed by atoms with E-state index in [1.165, 1.54) is 4.57 Å². The van der Waals surface area contributed by atoms with Crippen LogP contribution in [0.5, 0.6) is 0 Å². The van der Waals surface area contributed by atoms with Crippen LogP contribution in [0.1, 0.15) is 5.82 Å². The number of aromatic nitrogens is 4. The van der Waals surface area contributed by atoms with E-state index in [0.29, 0.717) is 17.0 Å². The van der Waals surface area contributed by atoms with Crippen LogP contribution in [-0.2, 0) is 11.3 Å². The molecule has 0 radical (unpaired) electrons. The van der Waals surface area contributed by atoms with Crippen LogP contribution in [-0.4, -0.2) is 25.1 Å². The van der Waals surface area contributed by atoms with E-state index in [1.54, 1.807) is 23.5 Å². The first-order chi connectivity index (χ1) is 12.5. The summed E-state index contributed by atoms with van der Waals surface area (Å²) in [6, 6.07) is 14.6. The Bertz CT molecular complexity index is 1190. The van der Waals surface area contributed by atoms with Crippen LogP contribution in [0.25, 0.3) is 16.7 Å². The minimum Gasteiger partial charge on any atom is -0.325 e. The highest BCUT2D eigenvalue weighted by Gasteiger charge is 2.16. The van der Waals surface area contributed by atoms with Crippen molar-refractivity contribution in [1.29, 1.82) is 0 Å². The van der Waals surface area contributed by atoms with Gasteiger partial charge in [0.1, 0.15) is 12.4 Å². The number of hydrogen-bond acceptors (Lipinski definition) is 4. The number of anilines is 1. The monoisotopic (exact) mass is 411 g/mol. The first kappa shape index (κ1) is 16.5. The van der Waals surface area contributed by atoms with Gasteiger partial charge in [-0.2, -0.15) is 0 Å². The van der Waals surface area contributed by atoms with Crippen molar-refractivity contribution in [3.8, 4) is 0 Å². The summed E-state index contributed by atoms with van der Waals surface area (Å²) in [5, 5.41) is 10.8. The predicted molar refractivity (Wildman–Crippen MR) is 102 cm³/mol. The van der Waals surface area contributed by atoms with Gasteiger partial charge in [0.15, 0.2) is 0 Å². The summed E-state index contributed by atoms with van der Waals surface area (Å²) < 4.78 is 4.05. The molecule has 4 rings (SSSR count). The molecule has 8 heteroatoms. The van der Waals surface area contributed by atoms with E-state index >= 15 is 0 Å². The predicted octanol–water partition coefficient (Wildman–Crippen LogP) is 2.75. The number of carbonyl (C=O) groups excluding carboxylic acids is 1. The first-order valence-corrected chi connectivity index (χ1v) is 8.72. The summed E-state index contributed by atoms with van der Waals surface area (Å²) in [4.78, 5) is 25.3. The zero-order chi connectivity index (χ0) is 18.3. The SMILES string of the molecule is Cc1nnc2c(=O)n(CC(=O)Nc3ccc(Br)cc3)c3ccccc3n12. The number of nitrogens with zero attached hydrogens (tertiary/aromatic N) is 4. The molecule has 2 heterocycles. The van der Waals surface area contributed by atoms with Crippen LogP contribution < -0.4 is 10.9 Å². The Hall–Kier alpha value is -3.00. The Balaban J connectivity index is 1.78. The summed E-state index contributed by atoms with van der Waals surface area (Å²) in [5.74, 6) is 0.333. The van der Waals surface area contributed by atoms with Crippen molar-refractivity contribution in [3.05, 3.63) is 69.2 Å². The third-order valence-corrected chi connectivity index (χ3v) is 4.63. The average molecular weight is 412 g/mol. The number of carbonyl (C=O) groups is 1. The number of halogens is 1. The molecule has 7 nitrogen and oxygen atoms in total. The maximum Gasteiger partial charge on any atom is 0.297 e. The van der Waals surface area contributed by atoms with Crippen LogP contribution in [0.2, 0.25) is 0 Å². The lowest BCUT2D eigenvalue weighted by atomic mass is 10.2. The van der Waals surface area contributed by atoms with Crippen molar-refractivity contribution < 1.29 is 4.79 Å². The highest BCUT2D eigenvalue weighted by Crippen LogP contribution is 2.16. The molecule has 2 aromatic carbocycles. The zero-order valence-corrected chi connectivity index (χ0v) is 15.4. The number of fused-ring (bicyclic) bond motifs is 3. The highest BCUT2D eigenvalue weighted by molar-refractivity contribution is 9.10. The Kier molecular flexibility index (Phi) is 4.04. The number of para-hydroxylation sites is 2. The molecule has 0 aliphatic carbocycles. The fourth-order valence-corrected chi connectivity index (χ4v) is 3.20. The van der Waals surface area contributed by atoms with Gasteiger partial charge in [-0.25, -0.2) is 0 Å². The number of aryl methyl sites for hydroxylation is 1. The molecule has 1 N–H and O–H groups in total. The minimum atomic E-state index is -0.352. The van der Waals surface area contributed by atoms with Crippen molar-refractivity contribution in [2.75, 3.05) is 5.32 Å². The Morgan fingerprint density at radius 2 is 1.77 bits per heavy atom. The van der Waals surface area contributed by atoms with Gasteiger partial charge in [0.2, 0.25) is 11.6 Å². The molecule has 2 aromatic heterocycles. The Morgan fingerprint density at radius 1 is 1.08 bits per heavy atom. The van der Waals surface area contributed by atoms with Crippen LogP contribution >= 0.6 is 15.9 Å². The Morgan fingerprint density at radius 3 is 2.50 bits per heavy atom. The molecule has 0 saturated carbocycles. The standard InChI is InChI=1S/C18H14BrN5O2/c1-11-21-22-17-18(26)23(14-4-2-3-5-15(14)24(11)17)10-16(25)20-13-8-6-12(19)7-9-13/h2-9H,10H2,1H3,(H,20,25). The first-order valence-electron chi connectivity index (χ1n) is 7.93. The van der Waals surface area contributed by atoms with Gasteiger partial charge in [-0.3, -0.25) is 18.6 Å². The molecule has 0 aliphatic rings. The smallest absolute Gasteiger partial charge is 0.297 e. The van der Waals surface area contributed by atoms with Gasteiger partial charge in [0.25, 0.3) is 5.56 Å². The van der Waals surface area contributed by atoms with Gasteiger partial charge in [-0.15, -0.1) is 10.2 Å². The van der Waals surface area contributed by atoms with E-state index in [9.17, 15) is 9.59 Å². The molecule has 0 unspecified atom stereocenters. The largest absolute Gasteiger partial charge is 0.325 e. The van der Waals surface area contributed by atoms with Crippen molar-refractivity contribution in [3.63, 3.8) is 0 Å².